The van der Waals surface area contributed by atoms with E-state index in [0.717, 1.165) is 5.92 Å². The normalized spacial score (nSPS) is 15.1. The number of hydrogen-bond acceptors (Lipinski definition) is 0. The number of rotatable bonds is 0. The molecule has 1 heterocycles. The van der Waals surface area contributed by atoms with Gasteiger partial charge in [-0.05, 0) is 5.41 Å². The number of H-pyrrole nitrogens is 1. The Morgan fingerprint density at radius 1 is 0.963 bits per heavy atom. The first-order valence-corrected chi connectivity index (χ1v) is 9.21. The molecule has 2 aromatic rings. The van der Waals surface area contributed by atoms with Gasteiger partial charge in [0.15, 0.2) is 0 Å². The summed E-state index contributed by atoms with van der Waals surface area (Å²) in [4.78, 5) is 3.09. The first-order chi connectivity index (χ1) is 10.9. The molecule has 0 bridgehead atoms. The van der Waals surface area contributed by atoms with Crippen LogP contribution in [0.15, 0.2) is 6.20 Å². The SMILES string of the molecule is CC(C)(C)c1[c-][nH]cc1C(C)(C)C.Cc1c(C)c2[c-](c1C)C(C)C2.[Cl-].[Cl-].[Zr+4]. The average molecular weight is 488 g/mol. The van der Waals surface area contributed by atoms with Gasteiger partial charge in [-0.1, -0.05) is 87.0 Å². The molecule has 4 heteroatoms. The van der Waals surface area contributed by atoms with E-state index in [9.17, 15) is 0 Å². The van der Waals surface area contributed by atoms with Gasteiger partial charge in [-0.3, -0.25) is 0 Å². The van der Waals surface area contributed by atoms with E-state index in [4.69, 9.17) is 0 Å². The zero-order valence-electron chi connectivity index (χ0n) is 18.6. The van der Waals surface area contributed by atoms with E-state index in [1.54, 1.807) is 22.3 Å². The van der Waals surface area contributed by atoms with Crippen molar-refractivity contribution in [1.82, 2.24) is 4.98 Å². The molecular formula is C23H35Cl2NZr. The van der Waals surface area contributed by atoms with Crippen molar-refractivity contribution in [2.45, 2.75) is 92.4 Å². The second kappa shape index (κ2) is 10.2. The van der Waals surface area contributed by atoms with Crippen LogP contribution >= 0.6 is 0 Å². The molecule has 1 N–H and O–H groups in total. The first-order valence-electron chi connectivity index (χ1n) is 9.21. The molecule has 1 aliphatic carbocycles. The molecule has 27 heavy (non-hydrogen) atoms. The molecule has 0 fully saturated rings. The molecule has 0 saturated carbocycles. The number of fused-ring (bicyclic) bond motifs is 1. The molecule has 1 aromatic carbocycles. The zero-order chi connectivity index (χ0) is 18.4. The summed E-state index contributed by atoms with van der Waals surface area (Å²) in [6.07, 6.45) is 6.61. The van der Waals surface area contributed by atoms with Gasteiger partial charge in [0.2, 0.25) is 0 Å². The Morgan fingerprint density at radius 3 is 1.78 bits per heavy atom. The van der Waals surface area contributed by atoms with Gasteiger partial charge in [0, 0.05) is 0 Å². The van der Waals surface area contributed by atoms with E-state index < -0.39 is 0 Å². The molecule has 1 aliphatic rings. The van der Waals surface area contributed by atoms with Crippen LogP contribution in [0.4, 0.5) is 0 Å². The fourth-order valence-corrected chi connectivity index (χ4v) is 3.85. The molecule has 1 unspecified atom stereocenters. The van der Waals surface area contributed by atoms with Crippen molar-refractivity contribution in [3.63, 3.8) is 0 Å². The van der Waals surface area contributed by atoms with Crippen LogP contribution in [0.1, 0.15) is 93.3 Å². The molecule has 0 radical (unpaired) electrons. The maximum atomic E-state index is 3.23. The Kier molecular flexibility index (Phi) is 11.1. The third-order valence-electron chi connectivity index (χ3n) is 5.55. The largest absolute Gasteiger partial charge is 4.00 e. The zero-order valence-corrected chi connectivity index (χ0v) is 22.6. The van der Waals surface area contributed by atoms with Crippen LogP contribution < -0.4 is 24.8 Å². The van der Waals surface area contributed by atoms with Crippen molar-refractivity contribution in [2.75, 3.05) is 0 Å². The van der Waals surface area contributed by atoms with Gasteiger partial charge in [0.05, 0.1) is 0 Å². The molecule has 1 atom stereocenters. The summed E-state index contributed by atoms with van der Waals surface area (Å²) in [6.45, 7) is 22.5. The van der Waals surface area contributed by atoms with Crippen LogP contribution in [0.25, 0.3) is 0 Å². The number of halogens is 2. The van der Waals surface area contributed by atoms with E-state index in [2.05, 4.69) is 86.6 Å². The standard InChI is InChI=1S/C12H20N.C11H15.2ClH.Zr/c1-11(2,3)9-7-13-8-10(9)12(4,5)6;1-6-5-10-8(3)7(2)9(4)11(6)10;;;/h7,13H,1-6H3;6H,5H2,1-4H3;2*1H;/q2*-1;;;+4/p-2. The van der Waals surface area contributed by atoms with Crippen LogP contribution in [0.3, 0.4) is 0 Å². The van der Waals surface area contributed by atoms with Gasteiger partial charge >= 0.3 is 26.2 Å². The summed E-state index contributed by atoms with van der Waals surface area (Å²) >= 11 is 0. The minimum absolute atomic E-state index is 0. The summed E-state index contributed by atoms with van der Waals surface area (Å²) in [5, 5.41) is 0. The van der Waals surface area contributed by atoms with Crippen LogP contribution in [0.5, 0.6) is 0 Å². The summed E-state index contributed by atoms with van der Waals surface area (Å²) in [6, 6.07) is 0. The molecular weight excluding hydrogens is 452 g/mol. The smallest absolute Gasteiger partial charge is 1.00 e. The fraction of sp³-hybridized carbons (Fsp3) is 0.609. The van der Waals surface area contributed by atoms with E-state index in [1.807, 2.05) is 0 Å². The minimum atomic E-state index is 0. The molecule has 1 nitrogen and oxygen atoms in total. The Labute approximate surface area is 198 Å². The third-order valence-corrected chi connectivity index (χ3v) is 5.55. The summed E-state index contributed by atoms with van der Waals surface area (Å²) in [7, 11) is 0. The first kappa shape index (κ1) is 29.3. The maximum Gasteiger partial charge on any atom is 4.00 e. The van der Waals surface area contributed by atoms with E-state index >= 15 is 0 Å². The van der Waals surface area contributed by atoms with Crippen LogP contribution in [-0.2, 0) is 43.5 Å². The monoisotopic (exact) mass is 485 g/mol. The van der Waals surface area contributed by atoms with Crippen molar-refractivity contribution in [3.8, 4) is 0 Å². The molecule has 0 saturated heterocycles. The molecule has 0 aliphatic heterocycles. The van der Waals surface area contributed by atoms with E-state index in [1.165, 1.54) is 23.1 Å². The number of aromatic nitrogens is 1. The Bertz CT molecular complexity index is 679. The number of hydrogen-bond donors (Lipinski definition) is 1. The molecule has 0 spiro atoms. The van der Waals surface area contributed by atoms with E-state index in [-0.39, 0.29) is 61.8 Å². The predicted molar refractivity (Wildman–Crippen MR) is 105 cm³/mol. The van der Waals surface area contributed by atoms with Gasteiger partial charge in [0.25, 0.3) is 0 Å². The van der Waals surface area contributed by atoms with Crippen molar-refractivity contribution in [2.24, 2.45) is 0 Å². The Balaban J connectivity index is 0. The Morgan fingerprint density at radius 2 is 1.48 bits per heavy atom. The van der Waals surface area contributed by atoms with Gasteiger partial charge in [-0.15, -0.1) is 23.5 Å². The van der Waals surface area contributed by atoms with Crippen molar-refractivity contribution < 1.29 is 51.0 Å². The minimum Gasteiger partial charge on any atom is -1.00 e. The number of nitrogens with one attached hydrogen (secondary N) is 1. The summed E-state index contributed by atoms with van der Waals surface area (Å²) in [5.74, 6) is 0.831. The van der Waals surface area contributed by atoms with Crippen molar-refractivity contribution in [3.05, 3.63) is 51.3 Å². The van der Waals surface area contributed by atoms with Crippen LogP contribution in [0, 0.1) is 27.0 Å². The average Bonchev–Trinajstić information content (AvgIpc) is 2.97. The quantitative estimate of drug-likeness (QED) is 0.518. The summed E-state index contributed by atoms with van der Waals surface area (Å²) in [5.41, 5.74) is 11.0. The Hall–Kier alpha value is 0.0931. The maximum absolute atomic E-state index is 3.23. The second-order valence-electron chi connectivity index (χ2n) is 9.57. The second-order valence-corrected chi connectivity index (χ2v) is 9.57. The number of aromatic amines is 1. The van der Waals surface area contributed by atoms with Gasteiger partial charge in [-0.25, -0.2) is 0 Å². The molecule has 0 amide bonds. The van der Waals surface area contributed by atoms with Crippen LogP contribution in [0.2, 0.25) is 0 Å². The van der Waals surface area contributed by atoms with Gasteiger partial charge in [-0.2, -0.15) is 27.8 Å². The summed E-state index contributed by atoms with van der Waals surface area (Å²) < 4.78 is 0. The van der Waals surface area contributed by atoms with Crippen molar-refractivity contribution >= 4 is 0 Å². The molecule has 3 rings (SSSR count). The van der Waals surface area contributed by atoms with Crippen LogP contribution in [-0.4, -0.2) is 4.98 Å². The van der Waals surface area contributed by atoms with Gasteiger partial charge in [0.1, 0.15) is 0 Å². The topological polar surface area (TPSA) is 15.8 Å². The van der Waals surface area contributed by atoms with Gasteiger partial charge < -0.3 is 29.8 Å². The van der Waals surface area contributed by atoms with E-state index in [0.29, 0.717) is 0 Å². The molecule has 150 valence electrons. The molecule has 1 aromatic heterocycles. The predicted octanol–water partition coefficient (Wildman–Crippen LogP) is 0.406. The third kappa shape index (κ3) is 6.04. The van der Waals surface area contributed by atoms with Crippen molar-refractivity contribution in [1.29, 1.82) is 0 Å². The fourth-order valence-electron chi connectivity index (χ4n) is 3.85.